The van der Waals surface area contributed by atoms with Crippen LogP contribution in [0.4, 0.5) is 5.00 Å². The number of thioether (sulfide) groups is 1. The number of esters is 1. The van der Waals surface area contributed by atoms with Crippen LogP contribution >= 0.6 is 23.1 Å². The standard InChI is InChI=1S/C28H30N4O7S2/c1-7-32-25(17-12-20(36-3)24(38-5)21(13-17)37-4)30-31-28(32)41-15-22(33)29-26-23(27(34)39-6)19(14-40-26)16-8-10-18(35-2)11-9-16/h8-14H,7,15H2,1-6H3,(H,29,33). The van der Waals surface area contributed by atoms with Gasteiger partial charge in [-0.3, -0.25) is 4.79 Å². The summed E-state index contributed by atoms with van der Waals surface area (Å²) in [5, 5.41) is 14.3. The normalized spacial score (nSPS) is 10.7. The van der Waals surface area contributed by atoms with E-state index in [0.717, 1.165) is 11.1 Å². The number of hydrogen-bond donors (Lipinski definition) is 1. The third-order valence-electron chi connectivity index (χ3n) is 6.12. The van der Waals surface area contributed by atoms with Gasteiger partial charge in [0.05, 0.1) is 41.3 Å². The Labute approximate surface area is 245 Å². The van der Waals surface area contributed by atoms with E-state index in [1.54, 1.807) is 52.7 Å². The van der Waals surface area contributed by atoms with Crippen molar-refractivity contribution in [3.05, 3.63) is 47.3 Å². The van der Waals surface area contributed by atoms with Crippen LogP contribution in [0, 0.1) is 0 Å². The molecule has 0 saturated heterocycles. The number of aromatic nitrogens is 3. The van der Waals surface area contributed by atoms with Gasteiger partial charge in [-0.1, -0.05) is 23.9 Å². The Morgan fingerprint density at radius 2 is 1.61 bits per heavy atom. The second-order valence-corrected chi connectivity index (χ2v) is 10.2. The predicted octanol–water partition coefficient (Wildman–Crippen LogP) is 5.25. The van der Waals surface area contributed by atoms with Crippen molar-refractivity contribution in [3.63, 3.8) is 0 Å². The van der Waals surface area contributed by atoms with Crippen LogP contribution in [0.3, 0.4) is 0 Å². The van der Waals surface area contributed by atoms with Gasteiger partial charge in [0.25, 0.3) is 0 Å². The average Bonchev–Trinajstić information content (AvgIpc) is 3.62. The van der Waals surface area contributed by atoms with Crippen LogP contribution in [0.1, 0.15) is 17.3 Å². The fourth-order valence-corrected chi connectivity index (χ4v) is 5.91. The van der Waals surface area contributed by atoms with Gasteiger partial charge in [0.1, 0.15) is 16.3 Å². The number of rotatable bonds is 12. The number of nitrogens with zero attached hydrogens (tertiary/aromatic N) is 3. The summed E-state index contributed by atoms with van der Waals surface area (Å²) in [4.78, 5) is 25.7. The van der Waals surface area contributed by atoms with Gasteiger partial charge in [-0.05, 0) is 36.8 Å². The molecule has 13 heteroatoms. The second kappa shape index (κ2) is 13.4. The Hall–Kier alpha value is -4.23. The van der Waals surface area contributed by atoms with Gasteiger partial charge >= 0.3 is 5.97 Å². The molecule has 0 aliphatic heterocycles. The third kappa shape index (κ3) is 6.25. The topological polar surface area (TPSA) is 123 Å². The van der Waals surface area contributed by atoms with Gasteiger partial charge in [0.2, 0.25) is 11.7 Å². The first kappa shape index (κ1) is 29.7. The Morgan fingerprint density at radius 3 is 2.17 bits per heavy atom. The number of thiophene rings is 1. The molecular weight excluding hydrogens is 568 g/mol. The average molecular weight is 599 g/mol. The third-order valence-corrected chi connectivity index (χ3v) is 7.99. The summed E-state index contributed by atoms with van der Waals surface area (Å²) in [6.07, 6.45) is 0. The first-order valence-corrected chi connectivity index (χ1v) is 14.3. The number of carbonyl (C=O) groups excluding carboxylic acids is 2. The molecule has 41 heavy (non-hydrogen) atoms. The van der Waals surface area contributed by atoms with Crippen LogP contribution < -0.4 is 24.3 Å². The maximum absolute atomic E-state index is 13.0. The highest BCUT2D eigenvalue weighted by atomic mass is 32.2. The van der Waals surface area contributed by atoms with Gasteiger partial charge in [0.15, 0.2) is 22.5 Å². The number of nitrogens with one attached hydrogen (secondary N) is 1. The number of benzene rings is 2. The van der Waals surface area contributed by atoms with Crippen molar-refractivity contribution in [1.82, 2.24) is 14.8 Å². The van der Waals surface area contributed by atoms with Gasteiger partial charge < -0.3 is 33.6 Å². The van der Waals surface area contributed by atoms with Crippen molar-refractivity contribution in [1.29, 1.82) is 0 Å². The summed E-state index contributed by atoms with van der Waals surface area (Å²) in [6.45, 7) is 2.52. The van der Waals surface area contributed by atoms with Crippen molar-refractivity contribution in [2.75, 3.05) is 46.6 Å². The molecule has 0 fully saturated rings. The van der Waals surface area contributed by atoms with E-state index in [1.165, 1.54) is 30.2 Å². The molecular formula is C28H30N4O7S2. The number of carbonyl (C=O) groups is 2. The SMILES string of the molecule is CCn1c(SCC(=O)Nc2scc(-c3ccc(OC)cc3)c2C(=O)OC)nnc1-c1cc(OC)c(OC)c(OC)c1. The maximum Gasteiger partial charge on any atom is 0.341 e. The van der Waals surface area contributed by atoms with Crippen LogP contribution in [-0.4, -0.2) is 67.9 Å². The van der Waals surface area contributed by atoms with Crippen molar-refractivity contribution < 1.29 is 33.3 Å². The molecule has 0 radical (unpaired) electrons. The zero-order valence-electron chi connectivity index (χ0n) is 23.5. The largest absolute Gasteiger partial charge is 0.497 e. The Kier molecular flexibility index (Phi) is 9.73. The summed E-state index contributed by atoms with van der Waals surface area (Å²) in [6, 6.07) is 10.9. The molecule has 0 aliphatic rings. The summed E-state index contributed by atoms with van der Waals surface area (Å²) < 4.78 is 28.5. The van der Waals surface area contributed by atoms with Crippen molar-refractivity contribution in [3.8, 4) is 45.5 Å². The molecule has 0 unspecified atom stereocenters. The van der Waals surface area contributed by atoms with Crippen LogP contribution in [0.25, 0.3) is 22.5 Å². The first-order chi connectivity index (χ1) is 19.9. The van der Waals surface area contributed by atoms with Gasteiger partial charge in [0, 0.05) is 23.1 Å². The Morgan fingerprint density at radius 1 is 0.927 bits per heavy atom. The minimum absolute atomic E-state index is 0.0454. The number of amides is 1. The van der Waals surface area contributed by atoms with E-state index in [-0.39, 0.29) is 11.7 Å². The molecule has 0 bridgehead atoms. The van der Waals surface area contributed by atoms with Crippen molar-refractivity contribution in [2.45, 2.75) is 18.6 Å². The predicted molar refractivity (Wildman–Crippen MR) is 158 cm³/mol. The molecule has 11 nitrogen and oxygen atoms in total. The van der Waals surface area contributed by atoms with Crippen LogP contribution in [0.2, 0.25) is 0 Å². The lowest BCUT2D eigenvalue weighted by molar-refractivity contribution is -0.113. The summed E-state index contributed by atoms with van der Waals surface area (Å²) in [7, 11) is 7.53. The van der Waals surface area contributed by atoms with E-state index < -0.39 is 5.97 Å². The molecule has 0 aliphatic carbocycles. The van der Waals surface area contributed by atoms with Crippen molar-refractivity contribution in [2.24, 2.45) is 0 Å². The zero-order chi connectivity index (χ0) is 29.5. The van der Waals surface area contributed by atoms with E-state index >= 15 is 0 Å². The summed E-state index contributed by atoms with van der Waals surface area (Å²) in [5.41, 5.74) is 2.47. The van der Waals surface area contributed by atoms with E-state index in [0.29, 0.717) is 56.7 Å². The number of anilines is 1. The van der Waals surface area contributed by atoms with Crippen LogP contribution in [-0.2, 0) is 16.1 Å². The highest BCUT2D eigenvalue weighted by Gasteiger charge is 2.24. The fraction of sp³-hybridized carbons (Fsp3) is 0.286. The molecule has 0 atom stereocenters. The summed E-state index contributed by atoms with van der Waals surface area (Å²) >= 11 is 2.49. The second-order valence-electron chi connectivity index (χ2n) is 8.37. The highest BCUT2D eigenvalue weighted by Crippen LogP contribution is 2.41. The van der Waals surface area contributed by atoms with E-state index in [9.17, 15) is 9.59 Å². The zero-order valence-corrected chi connectivity index (χ0v) is 25.1. The molecule has 216 valence electrons. The van der Waals surface area contributed by atoms with E-state index in [4.69, 9.17) is 23.7 Å². The molecule has 0 spiro atoms. The molecule has 1 N–H and O–H groups in total. The molecule has 4 rings (SSSR count). The molecule has 0 saturated carbocycles. The van der Waals surface area contributed by atoms with Crippen molar-refractivity contribution >= 4 is 40.0 Å². The fourth-order valence-electron chi connectivity index (χ4n) is 4.13. The van der Waals surface area contributed by atoms with Gasteiger partial charge in [-0.15, -0.1) is 21.5 Å². The molecule has 1 amide bonds. The molecule has 4 aromatic rings. The first-order valence-electron chi connectivity index (χ1n) is 12.4. The number of ether oxygens (including phenoxy) is 5. The highest BCUT2D eigenvalue weighted by molar-refractivity contribution is 7.99. The lowest BCUT2D eigenvalue weighted by atomic mass is 10.0. The maximum atomic E-state index is 13.0. The van der Waals surface area contributed by atoms with E-state index in [1.807, 2.05) is 29.0 Å². The van der Waals surface area contributed by atoms with Gasteiger partial charge in [-0.25, -0.2) is 4.79 Å². The lowest BCUT2D eigenvalue weighted by Crippen LogP contribution is -2.16. The Balaban J connectivity index is 1.53. The van der Waals surface area contributed by atoms with Gasteiger partial charge in [-0.2, -0.15) is 0 Å². The molecule has 2 heterocycles. The molecule has 2 aromatic heterocycles. The van der Waals surface area contributed by atoms with E-state index in [2.05, 4.69) is 15.5 Å². The number of methoxy groups -OCH3 is 5. The lowest BCUT2D eigenvalue weighted by Gasteiger charge is -2.14. The van der Waals surface area contributed by atoms with Crippen LogP contribution in [0.15, 0.2) is 46.9 Å². The summed E-state index contributed by atoms with van der Waals surface area (Å²) in [5.74, 6) is 1.95. The Bertz CT molecular complexity index is 1510. The monoisotopic (exact) mass is 598 g/mol. The smallest absolute Gasteiger partial charge is 0.341 e. The quantitative estimate of drug-likeness (QED) is 0.171. The van der Waals surface area contributed by atoms with Crippen LogP contribution in [0.5, 0.6) is 23.0 Å². The molecule has 2 aromatic carbocycles. The minimum atomic E-state index is -0.541. The minimum Gasteiger partial charge on any atom is -0.497 e. The number of hydrogen-bond acceptors (Lipinski definition) is 11.